The van der Waals surface area contributed by atoms with Crippen LogP contribution >= 0.6 is 0 Å². The molecule has 0 radical (unpaired) electrons. The summed E-state index contributed by atoms with van der Waals surface area (Å²) in [5.74, 6) is 0. The lowest BCUT2D eigenvalue weighted by atomic mass is 9.56. The molecule has 0 aliphatic heterocycles. The van der Waals surface area contributed by atoms with Gasteiger partial charge in [0.05, 0.1) is 0 Å². The van der Waals surface area contributed by atoms with Gasteiger partial charge in [-0.25, -0.2) is 0 Å². The highest BCUT2D eigenvalue weighted by Gasteiger charge is 2.42. The lowest BCUT2D eigenvalue weighted by Gasteiger charge is -2.49. The van der Waals surface area contributed by atoms with Crippen LogP contribution in [-0.4, -0.2) is 0 Å². The van der Waals surface area contributed by atoms with E-state index in [2.05, 4.69) is 0 Å². The first-order chi connectivity index (χ1) is 9.83. The quantitative estimate of drug-likeness (QED) is 0.426. The molecule has 0 aromatic heterocycles. The highest BCUT2D eigenvalue weighted by atomic mass is 14.5. The van der Waals surface area contributed by atoms with E-state index in [1.807, 2.05) is 41.5 Å². The fraction of sp³-hybridized carbons (Fsp3) is 1.00. The summed E-state index contributed by atoms with van der Waals surface area (Å²) < 4.78 is 0. The Bertz CT molecular complexity index is 145. The highest BCUT2D eigenvalue weighted by molar-refractivity contribution is 4.94. The van der Waals surface area contributed by atoms with Gasteiger partial charge in [-0.05, 0) is 62.2 Å². The first-order valence-electron chi connectivity index (χ1n) is 9.83. The minimum absolute atomic E-state index is 0.944. The van der Waals surface area contributed by atoms with Gasteiger partial charge >= 0.3 is 0 Å². The van der Waals surface area contributed by atoms with Crippen molar-refractivity contribution in [3.63, 3.8) is 0 Å². The summed E-state index contributed by atoms with van der Waals surface area (Å²) in [6.45, 7) is 12.0. The number of rotatable bonds is 0. The van der Waals surface area contributed by atoms with Crippen LogP contribution in [-0.2, 0) is 0 Å². The van der Waals surface area contributed by atoms with Crippen molar-refractivity contribution in [1.82, 2.24) is 0 Å². The van der Waals surface area contributed by atoms with Crippen LogP contribution in [0.2, 0.25) is 0 Å². The monoisotopic (exact) mass is 282 g/mol. The van der Waals surface area contributed by atoms with Gasteiger partial charge in [-0.15, -0.1) is 0 Å². The molecule has 0 amide bonds. The van der Waals surface area contributed by atoms with Gasteiger partial charge in [0.2, 0.25) is 0 Å². The second-order valence-electron chi connectivity index (χ2n) is 6.41. The SMILES string of the molecule is C1CC2(C1)CCC2.C1CC2(C1)CCC2.CC.CC.CC. The van der Waals surface area contributed by atoms with Gasteiger partial charge in [0.15, 0.2) is 0 Å². The minimum Gasteiger partial charge on any atom is -0.0683 e. The fourth-order valence-corrected chi connectivity index (χ4v) is 3.71. The molecule has 0 atom stereocenters. The molecule has 4 fully saturated rings. The van der Waals surface area contributed by atoms with Gasteiger partial charge in [0, 0.05) is 0 Å². The van der Waals surface area contributed by atoms with Crippen molar-refractivity contribution in [3.05, 3.63) is 0 Å². The van der Waals surface area contributed by atoms with Gasteiger partial charge in [0.1, 0.15) is 0 Å². The summed E-state index contributed by atoms with van der Waals surface area (Å²) in [6.07, 6.45) is 18.6. The lowest BCUT2D eigenvalue weighted by Crippen LogP contribution is -2.35. The molecule has 0 saturated heterocycles. The van der Waals surface area contributed by atoms with Crippen LogP contribution in [0.1, 0.15) is 119 Å². The molecule has 4 aliphatic rings. The number of hydrogen-bond acceptors (Lipinski definition) is 0. The predicted octanol–water partition coefficient (Wildman–Crippen LogP) is 7.76. The van der Waals surface area contributed by atoms with Crippen molar-refractivity contribution in [3.8, 4) is 0 Å². The average Bonchev–Trinajstić information content (AvgIpc) is 2.30. The summed E-state index contributed by atoms with van der Waals surface area (Å²) in [7, 11) is 0. The molecular formula is C20H42. The molecule has 0 bridgehead atoms. The molecule has 4 aliphatic carbocycles. The van der Waals surface area contributed by atoms with Gasteiger partial charge in [-0.2, -0.15) is 0 Å². The van der Waals surface area contributed by atoms with Gasteiger partial charge in [-0.1, -0.05) is 67.2 Å². The van der Waals surface area contributed by atoms with E-state index in [0.29, 0.717) is 0 Å². The van der Waals surface area contributed by atoms with Crippen molar-refractivity contribution in [2.24, 2.45) is 10.8 Å². The van der Waals surface area contributed by atoms with Crippen LogP contribution in [0.5, 0.6) is 0 Å². The first kappa shape index (κ1) is 20.0. The van der Waals surface area contributed by atoms with Crippen LogP contribution < -0.4 is 0 Å². The Labute approximate surface area is 130 Å². The molecular weight excluding hydrogens is 240 g/mol. The van der Waals surface area contributed by atoms with E-state index in [1.54, 1.807) is 51.4 Å². The normalized spacial score (nSPS) is 24.9. The van der Waals surface area contributed by atoms with E-state index in [1.165, 1.54) is 25.7 Å². The van der Waals surface area contributed by atoms with Crippen LogP contribution in [0.25, 0.3) is 0 Å². The molecule has 0 heterocycles. The standard InChI is InChI=1S/2C7H12.3C2H6/c2*1-3-7(4-1)5-2-6-7;3*1-2/h2*1-6H2;3*1-2H3. The van der Waals surface area contributed by atoms with E-state index in [9.17, 15) is 0 Å². The Morgan fingerprint density at radius 1 is 0.350 bits per heavy atom. The molecule has 0 aromatic carbocycles. The fourth-order valence-electron chi connectivity index (χ4n) is 3.71. The van der Waals surface area contributed by atoms with E-state index < -0.39 is 0 Å². The topological polar surface area (TPSA) is 0 Å². The largest absolute Gasteiger partial charge is 0.0683 e. The number of hydrogen-bond donors (Lipinski definition) is 0. The second kappa shape index (κ2) is 10.7. The summed E-state index contributed by atoms with van der Waals surface area (Å²) in [5.41, 5.74) is 1.89. The first-order valence-corrected chi connectivity index (χ1v) is 9.83. The molecule has 0 nitrogen and oxygen atoms in total. The average molecular weight is 283 g/mol. The Hall–Kier alpha value is 0. The molecule has 0 N–H and O–H groups in total. The molecule has 0 unspecified atom stereocenters. The molecule has 4 saturated carbocycles. The Balaban J connectivity index is 0.000000266. The Morgan fingerprint density at radius 2 is 0.500 bits per heavy atom. The van der Waals surface area contributed by atoms with Crippen LogP contribution in [0.3, 0.4) is 0 Å². The lowest BCUT2D eigenvalue weighted by molar-refractivity contribution is 0.0313. The van der Waals surface area contributed by atoms with Crippen molar-refractivity contribution >= 4 is 0 Å². The minimum atomic E-state index is 0.944. The third-order valence-corrected chi connectivity index (χ3v) is 5.66. The third-order valence-electron chi connectivity index (χ3n) is 5.66. The molecule has 20 heavy (non-hydrogen) atoms. The highest BCUT2D eigenvalue weighted by Crippen LogP contribution is 2.56. The van der Waals surface area contributed by atoms with Crippen molar-refractivity contribution in [2.75, 3.05) is 0 Å². The van der Waals surface area contributed by atoms with Crippen molar-refractivity contribution in [2.45, 2.75) is 119 Å². The summed E-state index contributed by atoms with van der Waals surface area (Å²) in [4.78, 5) is 0. The maximum Gasteiger partial charge on any atom is -0.0297 e. The molecule has 4 rings (SSSR count). The van der Waals surface area contributed by atoms with Crippen LogP contribution in [0, 0.1) is 10.8 Å². The molecule has 2 spiro atoms. The predicted molar refractivity (Wildman–Crippen MR) is 94.3 cm³/mol. The Kier molecular flexibility index (Phi) is 10.7. The van der Waals surface area contributed by atoms with Crippen molar-refractivity contribution < 1.29 is 0 Å². The maximum atomic E-state index is 2.00. The van der Waals surface area contributed by atoms with Gasteiger partial charge in [-0.3, -0.25) is 0 Å². The summed E-state index contributed by atoms with van der Waals surface area (Å²) >= 11 is 0. The summed E-state index contributed by atoms with van der Waals surface area (Å²) in [6, 6.07) is 0. The van der Waals surface area contributed by atoms with Crippen LogP contribution in [0.15, 0.2) is 0 Å². The van der Waals surface area contributed by atoms with E-state index in [4.69, 9.17) is 0 Å². The Morgan fingerprint density at radius 3 is 0.500 bits per heavy atom. The van der Waals surface area contributed by atoms with E-state index >= 15 is 0 Å². The van der Waals surface area contributed by atoms with Gasteiger partial charge in [0.25, 0.3) is 0 Å². The zero-order valence-corrected chi connectivity index (χ0v) is 15.5. The zero-order chi connectivity index (χ0) is 15.5. The zero-order valence-electron chi connectivity index (χ0n) is 15.5. The maximum absolute atomic E-state index is 2.00. The van der Waals surface area contributed by atoms with Crippen LogP contribution in [0.4, 0.5) is 0 Å². The van der Waals surface area contributed by atoms with Crippen molar-refractivity contribution in [1.29, 1.82) is 0 Å². The summed E-state index contributed by atoms with van der Waals surface area (Å²) in [5, 5.41) is 0. The van der Waals surface area contributed by atoms with E-state index in [-0.39, 0.29) is 0 Å². The molecule has 0 aromatic rings. The smallest absolute Gasteiger partial charge is 0.0297 e. The third kappa shape index (κ3) is 5.08. The second-order valence-corrected chi connectivity index (χ2v) is 6.41. The van der Waals surface area contributed by atoms with Gasteiger partial charge < -0.3 is 0 Å². The molecule has 122 valence electrons. The van der Waals surface area contributed by atoms with E-state index in [0.717, 1.165) is 10.8 Å². The molecule has 0 heteroatoms.